The maximum Gasteiger partial charge on any atom is 0.419 e. The molecule has 1 aromatic rings. The molecule has 1 rings (SSSR count). The van der Waals surface area contributed by atoms with Crippen LogP contribution in [0.5, 0.6) is 0 Å². The van der Waals surface area contributed by atoms with Crippen LogP contribution in [0.4, 0.5) is 22.0 Å². The average molecular weight is 396 g/mol. The van der Waals surface area contributed by atoms with Crippen LogP contribution in [0.15, 0.2) is 42.5 Å². The number of alkyl halides is 5. The van der Waals surface area contributed by atoms with E-state index in [1.165, 1.54) is 44.8 Å². The van der Waals surface area contributed by atoms with E-state index in [0.717, 1.165) is 12.1 Å². The van der Waals surface area contributed by atoms with Crippen molar-refractivity contribution in [2.45, 2.75) is 50.9 Å². The summed E-state index contributed by atoms with van der Waals surface area (Å²) in [5.74, 6) is -5.77. The standard InChI is InChI=1S/C17H21F5O3Si/c1-11(2)14(23)24-13(12-9-7-6-8-10-12)16(18,19)15(17(20,21)22)25-26(3,4)5/h6-10,13,15H,1H2,2-5H3. The van der Waals surface area contributed by atoms with Crippen LogP contribution >= 0.6 is 0 Å². The molecule has 0 saturated heterocycles. The highest BCUT2D eigenvalue weighted by molar-refractivity contribution is 6.69. The summed E-state index contributed by atoms with van der Waals surface area (Å²) >= 11 is 0. The zero-order valence-electron chi connectivity index (χ0n) is 14.9. The van der Waals surface area contributed by atoms with E-state index < -0.39 is 38.6 Å². The second-order valence-corrected chi connectivity index (χ2v) is 11.3. The Morgan fingerprint density at radius 2 is 1.58 bits per heavy atom. The lowest BCUT2D eigenvalue weighted by Gasteiger charge is -2.37. The van der Waals surface area contributed by atoms with Crippen LogP contribution in [0.3, 0.4) is 0 Å². The molecular weight excluding hydrogens is 375 g/mol. The number of halogens is 5. The smallest absolute Gasteiger partial charge is 0.419 e. The zero-order valence-corrected chi connectivity index (χ0v) is 15.9. The van der Waals surface area contributed by atoms with Crippen molar-refractivity contribution in [3.8, 4) is 0 Å². The molecule has 26 heavy (non-hydrogen) atoms. The first kappa shape index (κ1) is 22.3. The maximum atomic E-state index is 15.0. The Kier molecular flexibility index (Phi) is 6.75. The van der Waals surface area contributed by atoms with Crippen LogP contribution in [-0.2, 0) is 14.0 Å². The van der Waals surface area contributed by atoms with E-state index >= 15 is 0 Å². The van der Waals surface area contributed by atoms with E-state index in [-0.39, 0.29) is 11.1 Å². The summed E-state index contributed by atoms with van der Waals surface area (Å²) in [5, 5.41) is 0. The first-order valence-corrected chi connectivity index (χ1v) is 11.1. The average Bonchev–Trinajstić information content (AvgIpc) is 2.48. The number of esters is 1. The van der Waals surface area contributed by atoms with Gasteiger partial charge in [0.2, 0.25) is 6.10 Å². The van der Waals surface area contributed by atoms with Gasteiger partial charge >= 0.3 is 18.1 Å². The Hall–Kier alpha value is -1.74. The normalized spacial score (nSPS) is 15.3. The maximum absolute atomic E-state index is 15.0. The molecule has 0 aliphatic rings. The Labute approximate surface area is 149 Å². The lowest BCUT2D eigenvalue weighted by Crippen LogP contribution is -2.54. The predicted octanol–water partition coefficient (Wildman–Crippen LogP) is 5.26. The van der Waals surface area contributed by atoms with Crippen LogP contribution in [0, 0.1) is 0 Å². The second-order valence-electron chi connectivity index (χ2n) is 6.80. The first-order chi connectivity index (χ1) is 11.7. The molecule has 0 amide bonds. The number of carbonyl (C=O) groups is 1. The molecule has 2 unspecified atom stereocenters. The van der Waals surface area contributed by atoms with Crippen molar-refractivity contribution in [3.63, 3.8) is 0 Å². The number of hydrogen-bond donors (Lipinski definition) is 0. The lowest BCUT2D eigenvalue weighted by molar-refractivity contribution is -0.287. The van der Waals surface area contributed by atoms with E-state index in [0.29, 0.717) is 0 Å². The van der Waals surface area contributed by atoms with Gasteiger partial charge < -0.3 is 9.16 Å². The van der Waals surface area contributed by atoms with Crippen LogP contribution in [0.1, 0.15) is 18.6 Å². The number of carbonyl (C=O) groups excluding carboxylic acids is 1. The molecule has 0 N–H and O–H groups in total. The van der Waals surface area contributed by atoms with Crippen molar-refractivity contribution in [1.29, 1.82) is 0 Å². The number of rotatable bonds is 7. The largest absolute Gasteiger partial charge is 0.448 e. The summed E-state index contributed by atoms with van der Waals surface area (Å²) in [4.78, 5) is 11.8. The molecule has 0 radical (unpaired) electrons. The molecule has 2 atom stereocenters. The van der Waals surface area contributed by atoms with Crippen molar-refractivity contribution in [1.82, 2.24) is 0 Å². The van der Waals surface area contributed by atoms with Crippen LogP contribution < -0.4 is 0 Å². The summed E-state index contributed by atoms with van der Waals surface area (Å²) in [6, 6.07) is 6.53. The fourth-order valence-electron chi connectivity index (χ4n) is 2.06. The topological polar surface area (TPSA) is 35.5 Å². The summed E-state index contributed by atoms with van der Waals surface area (Å²) in [6.45, 7) is 8.56. The fraction of sp³-hybridized carbons (Fsp3) is 0.471. The molecule has 0 aromatic heterocycles. The van der Waals surface area contributed by atoms with E-state index in [2.05, 4.69) is 6.58 Å². The van der Waals surface area contributed by atoms with E-state index in [9.17, 15) is 26.7 Å². The van der Waals surface area contributed by atoms with Gasteiger partial charge in [0.25, 0.3) is 0 Å². The summed E-state index contributed by atoms with van der Waals surface area (Å²) in [5.41, 5.74) is -0.489. The third-order valence-electron chi connectivity index (χ3n) is 3.14. The molecule has 146 valence electrons. The van der Waals surface area contributed by atoms with Crippen LogP contribution in [0.2, 0.25) is 19.6 Å². The highest BCUT2D eigenvalue weighted by atomic mass is 28.4. The molecule has 0 aliphatic carbocycles. The van der Waals surface area contributed by atoms with Gasteiger partial charge in [-0.15, -0.1) is 0 Å². The Morgan fingerprint density at radius 3 is 1.96 bits per heavy atom. The Balaban J connectivity index is 3.43. The Morgan fingerprint density at radius 1 is 1.08 bits per heavy atom. The molecule has 3 nitrogen and oxygen atoms in total. The minimum atomic E-state index is -5.35. The number of benzene rings is 1. The lowest BCUT2D eigenvalue weighted by atomic mass is 9.98. The van der Waals surface area contributed by atoms with Crippen molar-refractivity contribution >= 4 is 14.3 Å². The van der Waals surface area contributed by atoms with Gasteiger partial charge in [-0.3, -0.25) is 0 Å². The molecule has 0 aliphatic heterocycles. The van der Waals surface area contributed by atoms with Gasteiger partial charge in [-0.25, -0.2) is 4.79 Å². The van der Waals surface area contributed by atoms with Crippen molar-refractivity contribution in [3.05, 3.63) is 48.0 Å². The van der Waals surface area contributed by atoms with Gasteiger partial charge in [-0.05, 0) is 32.1 Å². The number of hydrogen-bond acceptors (Lipinski definition) is 3. The van der Waals surface area contributed by atoms with E-state index in [1.54, 1.807) is 0 Å². The number of ether oxygens (including phenoxy) is 1. The summed E-state index contributed by atoms with van der Waals surface area (Å²) in [7, 11) is -3.01. The Bertz CT molecular complexity index is 638. The van der Waals surface area contributed by atoms with Crippen LogP contribution in [0.25, 0.3) is 0 Å². The predicted molar refractivity (Wildman–Crippen MR) is 89.3 cm³/mol. The van der Waals surface area contributed by atoms with Gasteiger partial charge in [0, 0.05) is 5.57 Å². The minimum Gasteiger partial charge on any atom is -0.448 e. The highest BCUT2D eigenvalue weighted by Gasteiger charge is 2.63. The molecule has 1 aromatic carbocycles. The van der Waals surface area contributed by atoms with Crippen LogP contribution in [-0.4, -0.2) is 32.5 Å². The third-order valence-corrected chi connectivity index (χ3v) is 4.09. The van der Waals surface area contributed by atoms with Crippen molar-refractivity contribution in [2.24, 2.45) is 0 Å². The third kappa shape index (κ3) is 5.91. The minimum absolute atomic E-state index is 0.212. The van der Waals surface area contributed by atoms with Crippen molar-refractivity contribution < 1.29 is 35.9 Å². The molecule has 9 heteroatoms. The quantitative estimate of drug-likeness (QED) is 0.273. The van der Waals surface area contributed by atoms with E-state index in [1.807, 2.05) is 0 Å². The zero-order chi connectivity index (χ0) is 20.3. The van der Waals surface area contributed by atoms with Gasteiger partial charge in [-0.1, -0.05) is 36.9 Å². The van der Waals surface area contributed by atoms with Gasteiger partial charge in [0.05, 0.1) is 0 Å². The summed E-state index contributed by atoms with van der Waals surface area (Å²) in [6.07, 6.45) is -11.2. The van der Waals surface area contributed by atoms with Crippen molar-refractivity contribution in [2.75, 3.05) is 0 Å². The molecule has 0 heterocycles. The highest BCUT2D eigenvalue weighted by Crippen LogP contribution is 2.45. The van der Waals surface area contributed by atoms with Gasteiger partial charge in [0.1, 0.15) is 0 Å². The van der Waals surface area contributed by atoms with Gasteiger partial charge in [0.15, 0.2) is 14.4 Å². The fourth-order valence-corrected chi connectivity index (χ4v) is 3.06. The van der Waals surface area contributed by atoms with Gasteiger partial charge in [-0.2, -0.15) is 22.0 Å². The molecule has 0 saturated carbocycles. The molecular formula is C17H21F5O3Si. The summed E-state index contributed by atoms with van der Waals surface area (Å²) < 4.78 is 79.5. The molecule has 0 fully saturated rings. The second kappa shape index (κ2) is 7.87. The first-order valence-electron chi connectivity index (χ1n) is 7.70. The molecule has 0 bridgehead atoms. The van der Waals surface area contributed by atoms with E-state index in [4.69, 9.17) is 9.16 Å². The monoisotopic (exact) mass is 396 g/mol. The SMILES string of the molecule is C=C(C)C(=O)OC(c1ccccc1)C(F)(F)C(O[Si](C)(C)C)C(F)(F)F. The molecule has 0 spiro atoms.